The molecular formula is C8H24N6. The smallest absolute Gasteiger partial charge is 0.0225 e. The molecule has 0 spiro atoms. The van der Waals surface area contributed by atoms with Gasteiger partial charge in [-0.1, -0.05) is 0 Å². The Bertz CT molecular complexity index is 87.8. The third kappa shape index (κ3) is 11.8. The van der Waals surface area contributed by atoms with Crippen LogP contribution in [0.2, 0.25) is 0 Å². The van der Waals surface area contributed by atoms with Gasteiger partial charge in [-0.15, -0.1) is 0 Å². The lowest BCUT2D eigenvalue weighted by molar-refractivity contribution is 0.503. The molecule has 0 rings (SSSR count). The van der Waals surface area contributed by atoms with E-state index in [2.05, 4.69) is 21.5 Å². The van der Waals surface area contributed by atoms with Crippen LogP contribution in [0.4, 0.5) is 0 Å². The molecule has 0 bridgehead atoms. The zero-order chi connectivity index (χ0) is 10.5. The lowest BCUT2D eigenvalue weighted by Crippen LogP contribution is -2.41. The lowest BCUT2D eigenvalue weighted by atomic mass is 10.5. The molecule has 0 aliphatic rings. The van der Waals surface area contributed by atoms with Gasteiger partial charge in [0.25, 0.3) is 0 Å². The minimum absolute atomic E-state index is 0.691. The average molecular weight is 204 g/mol. The summed E-state index contributed by atoms with van der Waals surface area (Å²) >= 11 is 0. The molecule has 0 saturated heterocycles. The van der Waals surface area contributed by atoms with Crippen molar-refractivity contribution in [3.8, 4) is 0 Å². The molecule has 6 nitrogen and oxygen atoms in total. The van der Waals surface area contributed by atoms with Gasteiger partial charge in [-0.25, -0.2) is 0 Å². The van der Waals surface area contributed by atoms with E-state index in [1.54, 1.807) is 0 Å². The zero-order valence-electron chi connectivity index (χ0n) is 8.81. The summed E-state index contributed by atoms with van der Waals surface area (Å²) < 4.78 is 0. The first kappa shape index (κ1) is 13.8. The van der Waals surface area contributed by atoms with Gasteiger partial charge in [0, 0.05) is 52.4 Å². The Labute approximate surface area is 86.1 Å². The standard InChI is InChI=1S/C8H24N6/c9-1-3-11-5-7-13-14-8-6-12-4-2-10/h11-14H,1-10H2. The number of hydrogen-bond donors (Lipinski definition) is 6. The van der Waals surface area contributed by atoms with E-state index in [9.17, 15) is 0 Å². The highest BCUT2D eigenvalue weighted by Crippen LogP contribution is 1.58. The summed E-state index contributed by atoms with van der Waals surface area (Å²) in [5, 5.41) is 6.37. The van der Waals surface area contributed by atoms with Crippen LogP contribution < -0.4 is 33.0 Å². The molecule has 0 heterocycles. The number of hydrazine groups is 1. The van der Waals surface area contributed by atoms with E-state index in [0.29, 0.717) is 13.1 Å². The Morgan fingerprint density at radius 2 is 1.00 bits per heavy atom. The molecule has 0 aromatic carbocycles. The molecule has 0 saturated carbocycles. The molecule has 6 heteroatoms. The van der Waals surface area contributed by atoms with E-state index in [4.69, 9.17) is 11.5 Å². The van der Waals surface area contributed by atoms with Crippen molar-refractivity contribution in [1.29, 1.82) is 0 Å². The molecule has 0 unspecified atom stereocenters. The SMILES string of the molecule is NCCNCCNNCCNCCN. The van der Waals surface area contributed by atoms with Crippen molar-refractivity contribution in [3.05, 3.63) is 0 Å². The van der Waals surface area contributed by atoms with E-state index < -0.39 is 0 Å². The van der Waals surface area contributed by atoms with Gasteiger partial charge in [-0.3, -0.25) is 10.9 Å². The van der Waals surface area contributed by atoms with Crippen molar-refractivity contribution in [1.82, 2.24) is 21.5 Å². The number of hydrogen-bond acceptors (Lipinski definition) is 6. The second-order valence-corrected chi connectivity index (χ2v) is 2.93. The van der Waals surface area contributed by atoms with Crippen molar-refractivity contribution in [3.63, 3.8) is 0 Å². The highest BCUT2D eigenvalue weighted by molar-refractivity contribution is 4.52. The highest BCUT2D eigenvalue weighted by Gasteiger charge is 1.87. The first-order valence-electron chi connectivity index (χ1n) is 5.19. The van der Waals surface area contributed by atoms with E-state index in [1.807, 2.05) is 0 Å². The Hall–Kier alpha value is -0.240. The summed E-state index contributed by atoms with van der Waals surface area (Å²) in [6.07, 6.45) is 0. The van der Waals surface area contributed by atoms with Crippen LogP contribution in [-0.4, -0.2) is 52.4 Å². The van der Waals surface area contributed by atoms with Crippen LogP contribution in [-0.2, 0) is 0 Å². The Kier molecular flexibility index (Phi) is 12.5. The summed E-state index contributed by atoms with van der Waals surface area (Å²) in [4.78, 5) is 0. The van der Waals surface area contributed by atoms with Crippen LogP contribution in [0.3, 0.4) is 0 Å². The van der Waals surface area contributed by atoms with Gasteiger partial charge in [0.15, 0.2) is 0 Å². The first-order chi connectivity index (χ1) is 6.91. The molecule has 14 heavy (non-hydrogen) atoms. The molecule has 86 valence electrons. The second kappa shape index (κ2) is 12.8. The van der Waals surface area contributed by atoms with Gasteiger partial charge in [0.2, 0.25) is 0 Å². The van der Waals surface area contributed by atoms with Crippen LogP contribution in [0.1, 0.15) is 0 Å². The molecule has 0 aromatic rings. The number of nitrogens with two attached hydrogens (primary N) is 2. The molecule has 0 radical (unpaired) electrons. The molecule has 0 atom stereocenters. The van der Waals surface area contributed by atoms with Crippen LogP contribution >= 0.6 is 0 Å². The average Bonchev–Trinajstić information content (AvgIpc) is 2.21. The van der Waals surface area contributed by atoms with Crippen molar-refractivity contribution >= 4 is 0 Å². The summed E-state index contributed by atoms with van der Waals surface area (Å²) in [6.45, 7) is 6.79. The predicted octanol–water partition coefficient (Wildman–Crippen LogP) is -2.82. The van der Waals surface area contributed by atoms with Gasteiger partial charge in [0.1, 0.15) is 0 Å². The van der Waals surface area contributed by atoms with Gasteiger partial charge in [-0.2, -0.15) is 0 Å². The maximum atomic E-state index is 5.32. The van der Waals surface area contributed by atoms with Crippen molar-refractivity contribution in [2.24, 2.45) is 11.5 Å². The molecule has 0 aliphatic carbocycles. The normalized spacial score (nSPS) is 10.7. The lowest BCUT2D eigenvalue weighted by Gasteiger charge is -2.07. The maximum Gasteiger partial charge on any atom is 0.0225 e. The second-order valence-electron chi connectivity index (χ2n) is 2.93. The van der Waals surface area contributed by atoms with Crippen LogP contribution in [0.15, 0.2) is 0 Å². The summed E-state index contributed by atoms with van der Waals surface area (Å²) in [5.74, 6) is 0. The monoisotopic (exact) mass is 204 g/mol. The summed E-state index contributed by atoms with van der Waals surface area (Å²) in [5.41, 5.74) is 16.8. The van der Waals surface area contributed by atoms with E-state index in [-0.39, 0.29) is 0 Å². The van der Waals surface area contributed by atoms with Crippen LogP contribution in [0.5, 0.6) is 0 Å². The molecule has 0 fully saturated rings. The van der Waals surface area contributed by atoms with E-state index >= 15 is 0 Å². The van der Waals surface area contributed by atoms with Gasteiger partial charge in [0.05, 0.1) is 0 Å². The minimum Gasteiger partial charge on any atom is -0.329 e. The number of rotatable bonds is 11. The fourth-order valence-electron chi connectivity index (χ4n) is 0.933. The molecular weight excluding hydrogens is 180 g/mol. The Balaban J connectivity index is 2.78. The third-order valence-corrected chi connectivity index (χ3v) is 1.62. The van der Waals surface area contributed by atoms with Gasteiger partial charge >= 0.3 is 0 Å². The van der Waals surface area contributed by atoms with E-state index in [1.165, 1.54) is 0 Å². The third-order valence-electron chi connectivity index (χ3n) is 1.62. The maximum absolute atomic E-state index is 5.32. The van der Waals surface area contributed by atoms with Crippen molar-refractivity contribution in [2.45, 2.75) is 0 Å². The summed E-state index contributed by atoms with van der Waals surface area (Å²) in [7, 11) is 0. The molecule has 0 amide bonds. The quantitative estimate of drug-likeness (QED) is 0.160. The summed E-state index contributed by atoms with van der Waals surface area (Å²) in [6, 6.07) is 0. The number of nitrogens with one attached hydrogen (secondary N) is 4. The highest BCUT2D eigenvalue weighted by atomic mass is 15.4. The fourth-order valence-corrected chi connectivity index (χ4v) is 0.933. The predicted molar refractivity (Wildman–Crippen MR) is 59.9 cm³/mol. The van der Waals surface area contributed by atoms with Crippen molar-refractivity contribution < 1.29 is 0 Å². The van der Waals surface area contributed by atoms with Crippen molar-refractivity contribution in [2.75, 3.05) is 52.4 Å². The topological polar surface area (TPSA) is 100 Å². The molecule has 8 N–H and O–H groups in total. The zero-order valence-corrected chi connectivity index (χ0v) is 8.81. The van der Waals surface area contributed by atoms with Gasteiger partial charge in [-0.05, 0) is 0 Å². The van der Waals surface area contributed by atoms with E-state index in [0.717, 1.165) is 39.3 Å². The van der Waals surface area contributed by atoms with Crippen LogP contribution in [0, 0.1) is 0 Å². The van der Waals surface area contributed by atoms with Gasteiger partial charge < -0.3 is 22.1 Å². The van der Waals surface area contributed by atoms with Crippen LogP contribution in [0.25, 0.3) is 0 Å². The first-order valence-corrected chi connectivity index (χ1v) is 5.19. The molecule has 0 aromatic heterocycles. The Morgan fingerprint density at radius 1 is 0.571 bits per heavy atom. The largest absolute Gasteiger partial charge is 0.329 e. The fraction of sp³-hybridized carbons (Fsp3) is 1.00. The molecule has 0 aliphatic heterocycles. The Morgan fingerprint density at radius 3 is 1.36 bits per heavy atom. The minimum atomic E-state index is 0.691.